The summed E-state index contributed by atoms with van der Waals surface area (Å²) in [4.78, 5) is 0. The van der Waals surface area contributed by atoms with Crippen LogP contribution in [0.2, 0.25) is 5.02 Å². The second-order valence-electron chi connectivity index (χ2n) is 7.90. The van der Waals surface area contributed by atoms with Gasteiger partial charge in [0.25, 0.3) is 0 Å². The Morgan fingerprint density at radius 2 is 1.86 bits per heavy atom. The summed E-state index contributed by atoms with van der Waals surface area (Å²) < 4.78 is 17.3. The largest absolute Gasteiger partial charge is 0.496 e. The van der Waals surface area contributed by atoms with E-state index in [0.29, 0.717) is 28.0 Å². The van der Waals surface area contributed by atoms with Gasteiger partial charge >= 0.3 is 0 Å². The van der Waals surface area contributed by atoms with Crippen LogP contribution < -0.4 is 19.9 Å². The molecule has 8 heteroatoms. The maximum atomic E-state index is 10.0. The van der Waals surface area contributed by atoms with Crippen molar-refractivity contribution in [2.45, 2.75) is 12.5 Å². The number of aromatic nitrogens is 2. The van der Waals surface area contributed by atoms with E-state index in [1.807, 2.05) is 60.7 Å². The summed E-state index contributed by atoms with van der Waals surface area (Å²) in [5.41, 5.74) is 10.5. The molecule has 3 aromatic carbocycles. The molecular weight excluding hydrogens is 464 g/mol. The second-order valence-corrected chi connectivity index (χ2v) is 8.31. The molecule has 3 N–H and O–H groups in total. The first-order valence-electron chi connectivity index (χ1n) is 10.9. The molecule has 7 nitrogen and oxygen atoms in total. The fourth-order valence-electron chi connectivity index (χ4n) is 4.21. The van der Waals surface area contributed by atoms with E-state index in [-0.39, 0.29) is 12.5 Å². The topological polar surface area (TPSA) is 106 Å². The Morgan fingerprint density at radius 3 is 2.60 bits per heavy atom. The minimum absolute atomic E-state index is 0.0285. The van der Waals surface area contributed by atoms with E-state index in [1.165, 1.54) is 0 Å². The number of para-hydroxylation sites is 1. The Morgan fingerprint density at radius 1 is 1.09 bits per heavy atom. The molecule has 174 valence electrons. The first-order chi connectivity index (χ1) is 17.1. The van der Waals surface area contributed by atoms with Crippen LogP contribution in [0.5, 0.6) is 17.4 Å². The van der Waals surface area contributed by atoms with Gasteiger partial charge in [-0.1, -0.05) is 60.1 Å². The number of aromatic amines is 1. The van der Waals surface area contributed by atoms with Crippen LogP contribution in [0.4, 0.5) is 0 Å². The Labute approximate surface area is 207 Å². The highest BCUT2D eigenvalue weighted by Crippen LogP contribution is 2.46. The molecule has 0 bridgehead atoms. The third-order valence-corrected chi connectivity index (χ3v) is 6.17. The number of hydrogen-bond donors (Lipinski definition) is 2. The van der Waals surface area contributed by atoms with Crippen molar-refractivity contribution < 1.29 is 14.2 Å². The second kappa shape index (κ2) is 9.45. The van der Waals surface area contributed by atoms with Gasteiger partial charge in [-0.3, -0.25) is 5.10 Å². The number of fused-ring (bicyclic) bond motifs is 1. The standard InChI is InChI=1S/C27H21ClN4O3/c1-33-21-12-11-17(13-18(21)15-34-22-10-6-5-9-20(22)28)23-19(14-29)26(30)35-27-24(23)25(31-32-27)16-7-3-2-4-8-16/h2-13,23H,15,30H2,1H3,(H,31,32)/t23-/m0/s1. The number of benzene rings is 3. The zero-order valence-electron chi connectivity index (χ0n) is 18.8. The van der Waals surface area contributed by atoms with Crippen molar-refractivity contribution in [2.75, 3.05) is 7.11 Å². The predicted molar refractivity (Wildman–Crippen MR) is 132 cm³/mol. The molecule has 4 aromatic rings. The normalized spacial score (nSPS) is 14.6. The number of nitrogens with one attached hydrogen (secondary N) is 1. The van der Waals surface area contributed by atoms with E-state index >= 15 is 0 Å². The van der Waals surface area contributed by atoms with Crippen molar-refractivity contribution in [3.63, 3.8) is 0 Å². The molecule has 2 heterocycles. The van der Waals surface area contributed by atoms with Gasteiger partial charge < -0.3 is 19.9 Å². The molecule has 0 saturated heterocycles. The van der Waals surface area contributed by atoms with Crippen molar-refractivity contribution in [1.29, 1.82) is 5.26 Å². The van der Waals surface area contributed by atoms with Gasteiger partial charge in [-0.15, -0.1) is 5.10 Å². The molecule has 0 unspecified atom stereocenters. The van der Waals surface area contributed by atoms with Gasteiger partial charge in [0.1, 0.15) is 29.7 Å². The minimum Gasteiger partial charge on any atom is -0.496 e. The molecule has 0 amide bonds. The van der Waals surface area contributed by atoms with Gasteiger partial charge in [0, 0.05) is 5.56 Å². The number of nitriles is 1. The van der Waals surface area contributed by atoms with Gasteiger partial charge in [0.2, 0.25) is 11.8 Å². The molecule has 1 aliphatic rings. The lowest BCUT2D eigenvalue weighted by atomic mass is 9.82. The molecule has 35 heavy (non-hydrogen) atoms. The third-order valence-electron chi connectivity index (χ3n) is 5.86. The van der Waals surface area contributed by atoms with E-state index in [4.69, 9.17) is 31.5 Å². The summed E-state index contributed by atoms with van der Waals surface area (Å²) >= 11 is 6.25. The average molecular weight is 485 g/mol. The summed E-state index contributed by atoms with van der Waals surface area (Å²) in [6.45, 7) is 0.217. The lowest BCUT2D eigenvalue weighted by Crippen LogP contribution is -2.21. The highest BCUT2D eigenvalue weighted by Gasteiger charge is 2.36. The molecule has 1 aliphatic heterocycles. The molecule has 0 aliphatic carbocycles. The van der Waals surface area contributed by atoms with E-state index in [9.17, 15) is 5.26 Å². The maximum absolute atomic E-state index is 10.0. The van der Waals surface area contributed by atoms with Gasteiger partial charge in [0.15, 0.2) is 0 Å². The number of ether oxygens (including phenoxy) is 3. The van der Waals surface area contributed by atoms with Crippen molar-refractivity contribution in [3.05, 3.63) is 106 Å². The van der Waals surface area contributed by atoms with E-state index in [1.54, 1.807) is 19.2 Å². The van der Waals surface area contributed by atoms with Gasteiger partial charge in [0.05, 0.1) is 29.3 Å². The van der Waals surface area contributed by atoms with Crippen LogP contribution in [0.25, 0.3) is 11.3 Å². The molecule has 0 spiro atoms. The number of nitrogens with zero attached hydrogens (tertiary/aromatic N) is 2. The van der Waals surface area contributed by atoms with Crippen molar-refractivity contribution in [3.8, 4) is 34.7 Å². The SMILES string of the molecule is COc1ccc([C@H]2C(C#N)=C(N)Oc3n[nH]c(-c4ccccc4)c32)cc1COc1ccccc1Cl. The molecule has 0 saturated carbocycles. The number of allylic oxidation sites excluding steroid dienone is 1. The lowest BCUT2D eigenvalue weighted by molar-refractivity contribution is 0.296. The van der Waals surface area contributed by atoms with Crippen molar-refractivity contribution in [1.82, 2.24) is 10.2 Å². The van der Waals surface area contributed by atoms with Crippen molar-refractivity contribution in [2.24, 2.45) is 5.73 Å². The highest BCUT2D eigenvalue weighted by atomic mass is 35.5. The molecular formula is C27H21ClN4O3. The Balaban J connectivity index is 1.60. The fourth-order valence-corrected chi connectivity index (χ4v) is 4.40. The number of nitrogens with two attached hydrogens (primary N) is 1. The predicted octanol–water partition coefficient (Wildman–Crippen LogP) is 5.54. The highest BCUT2D eigenvalue weighted by molar-refractivity contribution is 6.32. The van der Waals surface area contributed by atoms with Crippen LogP contribution in [0, 0.1) is 11.3 Å². The molecule has 0 fully saturated rings. The van der Waals surface area contributed by atoms with Crippen LogP contribution in [-0.4, -0.2) is 17.3 Å². The first-order valence-corrected chi connectivity index (χ1v) is 11.2. The van der Waals surface area contributed by atoms with Gasteiger partial charge in [-0.2, -0.15) is 5.26 Å². The monoisotopic (exact) mass is 484 g/mol. The van der Waals surface area contributed by atoms with Crippen LogP contribution in [0.3, 0.4) is 0 Å². The number of methoxy groups -OCH3 is 1. The van der Waals surface area contributed by atoms with Gasteiger partial charge in [-0.25, -0.2) is 0 Å². The minimum atomic E-state index is -0.498. The Bertz CT molecular complexity index is 1460. The molecule has 1 aromatic heterocycles. The van der Waals surface area contributed by atoms with Crippen LogP contribution in [-0.2, 0) is 6.61 Å². The van der Waals surface area contributed by atoms with E-state index in [2.05, 4.69) is 16.3 Å². The third kappa shape index (κ3) is 4.16. The number of halogens is 1. The average Bonchev–Trinajstić information content (AvgIpc) is 3.31. The van der Waals surface area contributed by atoms with E-state index in [0.717, 1.165) is 27.9 Å². The Kier molecular flexibility index (Phi) is 6.04. The van der Waals surface area contributed by atoms with Gasteiger partial charge in [-0.05, 0) is 35.4 Å². The van der Waals surface area contributed by atoms with E-state index < -0.39 is 5.92 Å². The number of H-pyrrole nitrogens is 1. The quantitative estimate of drug-likeness (QED) is 0.372. The molecule has 1 atom stereocenters. The number of rotatable bonds is 6. The zero-order valence-corrected chi connectivity index (χ0v) is 19.5. The smallest absolute Gasteiger partial charge is 0.244 e. The summed E-state index contributed by atoms with van der Waals surface area (Å²) in [5.74, 6) is 1.09. The van der Waals surface area contributed by atoms with Crippen LogP contribution in [0.15, 0.2) is 84.3 Å². The molecule has 5 rings (SSSR count). The summed E-state index contributed by atoms with van der Waals surface area (Å²) in [7, 11) is 1.60. The van der Waals surface area contributed by atoms with Crippen LogP contribution >= 0.6 is 11.6 Å². The summed E-state index contributed by atoms with van der Waals surface area (Å²) in [6, 6.07) is 25.0. The lowest BCUT2D eigenvalue weighted by Gasteiger charge is -2.25. The number of hydrogen-bond acceptors (Lipinski definition) is 6. The van der Waals surface area contributed by atoms with Crippen molar-refractivity contribution >= 4 is 11.6 Å². The molecule has 0 radical (unpaired) electrons. The Hall–Kier alpha value is -4.41. The van der Waals surface area contributed by atoms with Crippen LogP contribution in [0.1, 0.15) is 22.6 Å². The zero-order chi connectivity index (χ0) is 24.4. The fraction of sp³-hybridized carbons (Fsp3) is 0.111. The maximum Gasteiger partial charge on any atom is 0.244 e. The summed E-state index contributed by atoms with van der Waals surface area (Å²) in [6.07, 6.45) is 0. The first kappa shape index (κ1) is 22.4. The summed E-state index contributed by atoms with van der Waals surface area (Å²) in [5, 5.41) is 17.9.